The first-order chi connectivity index (χ1) is 8.69. The normalized spacial score (nSPS) is 32.9. The van der Waals surface area contributed by atoms with Crippen LogP contribution in [0.3, 0.4) is 0 Å². The summed E-state index contributed by atoms with van der Waals surface area (Å²) in [7, 11) is 0. The van der Waals surface area contributed by atoms with E-state index in [-0.39, 0.29) is 12.0 Å². The van der Waals surface area contributed by atoms with Crippen molar-refractivity contribution >= 4 is 15.9 Å². The number of fused-ring (bicyclic) bond motifs is 1. The zero-order valence-electron chi connectivity index (χ0n) is 10.4. The lowest BCUT2D eigenvalue weighted by Crippen LogP contribution is -2.32. The zero-order valence-corrected chi connectivity index (χ0v) is 12.0. The molecule has 0 amide bonds. The molecule has 0 saturated heterocycles. The highest BCUT2D eigenvalue weighted by molar-refractivity contribution is 9.10. The fourth-order valence-electron chi connectivity index (χ4n) is 3.58. The van der Waals surface area contributed by atoms with E-state index in [1.807, 2.05) is 12.1 Å². The SMILES string of the molecule is NCC(c1cccc(Br)c1)C(O)C1CC2CC2C1. The van der Waals surface area contributed by atoms with Gasteiger partial charge in [0.1, 0.15) is 0 Å². The fourth-order valence-corrected chi connectivity index (χ4v) is 4.00. The molecule has 0 heterocycles. The van der Waals surface area contributed by atoms with Gasteiger partial charge >= 0.3 is 0 Å². The third kappa shape index (κ3) is 2.36. The topological polar surface area (TPSA) is 46.2 Å². The lowest BCUT2D eigenvalue weighted by molar-refractivity contribution is 0.0790. The number of hydrogen-bond donors (Lipinski definition) is 2. The quantitative estimate of drug-likeness (QED) is 0.898. The fraction of sp³-hybridized carbons (Fsp3) is 0.600. The highest BCUT2D eigenvalue weighted by Crippen LogP contribution is 2.56. The van der Waals surface area contributed by atoms with Gasteiger partial charge in [-0.3, -0.25) is 0 Å². The smallest absolute Gasteiger partial charge is 0.0649 e. The molecule has 0 aliphatic heterocycles. The molecule has 98 valence electrons. The predicted molar refractivity (Wildman–Crippen MR) is 76.3 cm³/mol. The maximum atomic E-state index is 10.6. The van der Waals surface area contributed by atoms with Gasteiger partial charge in [0.05, 0.1) is 6.10 Å². The van der Waals surface area contributed by atoms with Crippen LogP contribution in [0, 0.1) is 17.8 Å². The van der Waals surface area contributed by atoms with Crippen molar-refractivity contribution in [3.05, 3.63) is 34.3 Å². The molecule has 0 aromatic heterocycles. The monoisotopic (exact) mass is 309 g/mol. The van der Waals surface area contributed by atoms with Crippen molar-refractivity contribution in [1.29, 1.82) is 0 Å². The average molecular weight is 310 g/mol. The van der Waals surface area contributed by atoms with Gasteiger partial charge in [0, 0.05) is 16.9 Å². The van der Waals surface area contributed by atoms with Crippen molar-refractivity contribution in [3.63, 3.8) is 0 Å². The first-order valence-corrected chi connectivity index (χ1v) is 7.62. The first kappa shape index (κ1) is 12.6. The minimum Gasteiger partial charge on any atom is -0.392 e. The summed E-state index contributed by atoms with van der Waals surface area (Å²) in [6.45, 7) is 0.517. The van der Waals surface area contributed by atoms with Gasteiger partial charge in [-0.2, -0.15) is 0 Å². The van der Waals surface area contributed by atoms with Crippen molar-refractivity contribution in [1.82, 2.24) is 0 Å². The lowest BCUT2D eigenvalue weighted by atomic mass is 9.83. The summed E-state index contributed by atoms with van der Waals surface area (Å²) in [5, 5.41) is 10.6. The van der Waals surface area contributed by atoms with Crippen molar-refractivity contribution < 1.29 is 5.11 Å². The molecule has 2 nitrogen and oxygen atoms in total. The molecule has 2 aliphatic carbocycles. The number of aliphatic hydroxyl groups is 1. The molecule has 3 N–H and O–H groups in total. The van der Waals surface area contributed by atoms with Crippen LogP contribution in [-0.4, -0.2) is 17.8 Å². The molecular formula is C15H20BrNO. The van der Waals surface area contributed by atoms with Gasteiger partial charge in [0.25, 0.3) is 0 Å². The number of nitrogens with two attached hydrogens (primary N) is 1. The Morgan fingerprint density at radius 3 is 2.61 bits per heavy atom. The predicted octanol–water partition coefficient (Wildman–Crippen LogP) is 2.90. The van der Waals surface area contributed by atoms with Crippen LogP contribution in [0.25, 0.3) is 0 Å². The van der Waals surface area contributed by atoms with Gasteiger partial charge in [-0.1, -0.05) is 28.1 Å². The van der Waals surface area contributed by atoms with Crippen LogP contribution in [0.1, 0.15) is 30.7 Å². The second-order valence-corrected chi connectivity index (χ2v) is 6.79. The number of halogens is 1. The van der Waals surface area contributed by atoms with Gasteiger partial charge < -0.3 is 10.8 Å². The Morgan fingerprint density at radius 2 is 2.00 bits per heavy atom. The Balaban J connectivity index is 1.74. The molecule has 2 fully saturated rings. The van der Waals surface area contributed by atoms with Crippen molar-refractivity contribution in [3.8, 4) is 0 Å². The summed E-state index contributed by atoms with van der Waals surface area (Å²) in [5.41, 5.74) is 7.05. The van der Waals surface area contributed by atoms with Crippen LogP contribution >= 0.6 is 15.9 Å². The molecule has 4 atom stereocenters. The van der Waals surface area contributed by atoms with Crippen LogP contribution < -0.4 is 5.73 Å². The Bertz CT molecular complexity index is 426. The molecule has 4 unspecified atom stereocenters. The van der Waals surface area contributed by atoms with Gasteiger partial charge in [-0.05, 0) is 54.7 Å². The molecule has 1 aromatic rings. The van der Waals surface area contributed by atoms with E-state index in [0.717, 1.165) is 21.9 Å². The van der Waals surface area contributed by atoms with Crippen molar-refractivity contribution in [2.45, 2.75) is 31.3 Å². The number of aliphatic hydroxyl groups excluding tert-OH is 1. The summed E-state index contributed by atoms with van der Waals surface area (Å²) in [6, 6.07) is 8.17. The number of rotatable bonds is 4. The molecule has 2 aliphatic rings. The van der Waals surface area contributed by atoms with Crippen molar-refractivity contribution in [2.75, 3.05) is 6.54 Å². The standard InChI is InChI=1S/C15H20BrNO/c16-13-3-1-2-9(7-13)14(8-17)15(18)12-5-10-4-11(10)6-12/h1-3,7,10-12,14-15,18H,4-6,8,17H2. The molecular weight excluding hydrogens is 290 g/mol. The molecule has 3 rings (SSSR count). The second-order valence-electron chi connectivity index (χ2n) is 5.88. The van der Waals surface area contributed by atoms with Crippen LogP contribution in [0.2, 0.25) is 0 Å². The molecule has 0 bridgehead atoms. The van der Waals surface area contributed by atoms with Crippen LogP contribution in [0.4, 0.5) is 0 Å². The highest BCUT2D eigenvalue weighted by Gasteiger charge is 2.48. The zero-order chi connectivity index (χ0) is 12.7. The summed E-state index contributed by atoms with van der Waals surface area (Å²) < 4.78 is 1.06. The van der Waals surface area contributed by atoms with E-state index in [4.69, 9.17) is 5.73 Å². The Hall–Kier alpha value is -0.380. The van der Waals surface area contributed by atoms with E-state index >= 15 is 0 Å². The number of hydrogen-bond acceptors (Lipinski definition) is 2. The summed E-state index contributed by atoms with van der Waals surface area (Å²) in [5.74, 6) is 2.35. The minimum absolute atomic E-state index is 0.0741. The van der Waals surface area contributed by atoms with E-state index in [0.29, 0.717) is 12.5 Å². The minimum atomic E-state index is -0.280. The van der Waals surface area contributed by atoms with Crippen LogP contribution in [-0.2, 0) is 0 Å². The van der Waals surface area contributed by atoms with Gasteiger partial charge in [0.2, 0.25) is 0 Å². The summed E-state index contributed by atoms with van der Waals surface area (Å²) in [6.07, 6.45) is 3.53. The Morgan fingerprint density at radius 1 is 1.28 bits per heavy atom. The summed E-state index contributed by atoms with van der Waals surface area (Å²) in [4.78, 5) is 0. The van der Waals surface area contributed by atoms with Crippen molar-refractivity contribution in [2.24, 2.45) is 23.5 Å². The third-order valence-corrected chi connectivity index (χ3v) is 5.20. The molecule has 2 saturated carbocycles. The van der Waals surface area contributed by atoms with Crippen LogP contribution in [0.15, 0.2) is 28.7 Å². The largest absolute Gasteiger partial charge is 0.392 e. The molecule has 18 heavy (non-hydrogen) atoms. The maximum Gasteiger partial charge on any atom is 0.0649 e. The van der Waals surface area contributed by atoms with Gasteiger partial charge in [0.15, 0.2) is 0 Å². The first-order valence-electron chi connectivity index (χ1n) is 6.82. The van der Waals surface area contributed by atoms with E-state index < -0.39 is 0 Å². The van der Waals surface area contributed by atoms with E-state index in [1.165, 1.54) is 19.3 Å². The molecule has 1 aromatic carbocycles. The van der Waals surface area contributed by atoms with Crippen LogP contribution in [0.5, 0.6) is 0 Å². The van der Waals surface area contributed by atoms with E-state index in [1.54, 1.807) is 0 Å². The van der Waals surface area contributed by atoms with E-state index in [2.05, 4.69) is 28.1 Å². The van der Waals surface area contributed by atoms with Gasteiger partial charge in [-0.15, -0.1) is 0 Å². The molecule has 3 heteroatoms. The average Bonchev–Trinajstić information content (AvgIpc) is 2.97. The molecule has 0 radical (unpaired) electrons. The number of benzene rings is 1. The van der Waals surface area contributed by atoms with E-state index in [9.17, 15) is 5.11 Å². The maximum absolute atomic E-state index is 10.6. The Kier molecular flexibility index (Phi) is 3.48. The molecule has 0 spiro atoms. The third-order valence-electron chi connectivity index (χ3n) is 4.71. The lowest BCUT2D eigenvalue weighted by Gasteiger charge is -2.28. The Labute approximate surface area is 117 Å². The second kappa shape index (κ2) is 4.95. The van der Waals surface area contributed by atoms with Gasteiger partial charge in [-0.25, -0.2) is 0 Å². The summed E-state index contributed by atoms with van der Waals surface area (Å²) >= 11 is 3.49. The highest BCUT2D eigenvalue weighted by atomic mass is 79.9.